The van der Waals surface area contributed by atoms with Gasteiger partial charge >= 0.3 is 0 Å². The zero-order chi connectivity index (χ0) is 26.3. The zero-order valence-electron chi connectivity index (χ0n) is 21.2. The van der Waals surface area contributed by atoms with Crippen LogP contribution in [0.3, 0.4) is 0 Å². The summed E-state index contributed by atoms with van der Waals surface area (Å²) < 4.78 is 0. The maximum atomic E-state index is 9.70. The van der Waals surface area contributed by atoms with Gasteiger partial charge in [0.25, 0.3) is 0 Å². The minimum Gasteiger partial charge on any atom is -0.508 e. The third kappa shape index (κ3) is 6.21. The number of aromatic hydroxyl groups is 2. The average Bonchev–Trinajstić information content (AvgIpc) is 2.93. The first-order valence-corrected chi connectivity index (χ1v) is 12.5. The molecule has 186 valence electrons. The van der Waals surface area contributed by atoms with E-state index in [0.717, 1.165) is 39.3 Å². The highest BCUT2D eigenvalue weighted by Gasteiger charge is 2.12. The second kappa shape index (κ2) is 11.4. The van der Waals surface area contributed by atoms with Gasteiger partial charge in [-0.05, 0) is 89.8 Å². The molecule has 0 bridgehead atoms. The molecule has 38 heavy (non-hydrogen) atoms. The Kier molecular flexibility index (Phi) is 7.37. The molecule has 0 saturated heterocycles. The Labute approximate surface area is 223 Å². The van der Waals surface area contributed by atoms with E-state index < -0.39 is 0 Å². The summed E-state index contributed by atoms with van der Waals surface area (Å²) in [5.41, 5.74) is 8.48. The van der Waals surface area contributed by atoms with Crippen molar-refractivity contribution < 1.29 is 10.2 Å². The number of benzene rings is 5. The molecule has 0 saturated carbocycles. The fourth-order valence-corrected chi connectivity index (χ4v) is 4.25. The molecule has 0 aliphatic carbocycles. The highest BCUT2D eigenvalue weighted by atomic mass is 16.3. The van der Waals surface area contributed by atoms with Crippen molar-refractivity contribution in [3.8, 4) is 11.5 Å². The van der Waals surface area contributed by atoms with Crippen LogP contribution in [0.15, 0.2) is 121 Å². The molecule has 3 heteroatoms. The monoisotopic (exact) mass is 495 g/mol. The van der Waals surface area contributed by atoms with Gasteiger partial charge in [0.2, 0.25) is 0 Å². The van der Waals surface area contributed by atoms with Crippen LogP contribution < -0.4 is 4.90 Å². The number of phenols is 2. The molecule has 0 spiro atoms. The van der Waals surface area contributed by atoms with Crippen LogP contribution in [0.5, 0.6) is 11.5 Å². The molecule has 0 heterocycles. The number of anilines is 3. The smallest absolute Gasteiger partial charge is 0.116 e. The third-order valence-corrected chi connectivity index (χ3v) is 6.27. The number of hydrogen-bond donors (Lipinski definition) is 2. The normalized spacial score (nSPS) is 11.3. The van der Waals surface area contributed by atoms with Crippen molar-refractivity contribution in [2.45, 2.75) is 6.92 Å². The van der Waals surface area contributed by atoms with Gasteiger partial charge in [-0.1, -0.05) is 90.5 Å². The van der Waals surface area contributed by atoms with Gasteiger partial charge in [0.05, 0.1) is 0 Å². The Morgan fingerprint density at radius 3 is 1.21 bits per heavy atom. The van der Waals surface area contributed by atoms with Crippen molar-refractivity contribution in [3.63, 3.8) is 0 Å². The molecule has 5 aromatic carbocycles. The minimum absolute atomic E-state index is 0.261. The summed E-state index contributed by atoms with van der Waals surface area (Å²) in [5.74, 6) is 0.522. The fraction of sp³-hybridized carbons (Fsp3) is 0.0286. The highest BCUT2D eigenvalue weighted by Crippen LogP contribution is 2.35. The fourth-order valence-electron chi connectivity index (χ4n) is 4.25. The van der Waals surface area contributed by atoms with E-state index in [-0.39, 0.29) is 11.5 Å². The lowest BCUT2D eigenvalue weighted by molar-refractivity contribution is 0.474. The number of hydrogen-bond acceptors (Lipinski definition) is 3. The van der Waals surface area contributed by atoms with Crippen LogP contribution in [0.2, 0.25) is 0 Å². The zero-order valence-corrected chi connectivity index (χ0v) is 21.2. The van der Waals surface area contributed by atoms with Crippen LogP contribution in [0.1, 0.15) is 27.8 Å². The standard InChI is InChI=1S/C35H29NO2/c1-26-8-18-31(19-9-26)36(32-20-14-27(15-21-32)10-12-29-4-2-6-34(37)24-29)33-22-16-28(17-23-33)11-13-30-5-3-7-35(38)25-30/h2-25,37-38H,1H3/b12-10+,13-11+. The number of aryl methyl sites for hydroxylation is 1. The lowest BCUT2D eigenvalue weighted by atomic mass is 10.1. The average molecular weight is 496 g/mol. The van der Waals surface area contributed by atoms with Crippen LogP contribution in [-0.4, -0.2) is 10.2 Å². The van der Waals surface area contributed by atoms with Crippen LogP contribution >= 0.6 is 0 Å². The summed E-state index contributed by atoms with van der Waals surface area (Å²) in [4.78, 5) is 2.24. The topological polar surface area (TPSA) is 43.7 Å². The minimum atomic E-state index is 0.261. The Morgan fingerprint density at radius 2 is 0.816 bits per heavy atom. The molecule has 0 radical (unpaired) electrons. The van der Waals surface area contributed by atoms with Crippen molar-refractivity contribution in [1.29, 1.82) is 0 Å². The highest BCUT2D eigenvalue weighted by molar-refractivity contribution is 5.79. The molecule has 0 aliphatic rings. The van der Waals surface area contributed by atoms with E-state index >= 15 is 0 Å². The molecule has 0 aliphatic heterocycles. The largest absolute Gasteiger partial charge is 0.508 e. The van der Waals surface area contributed by atoms with Crippen molar-refractivity contribution >= 4 is 41.4 Å². The lowest BCUT2D eigenvalue weighted by Crippen LogP contribution is -2.09. The summed E-state index contributed by atoms with van der Waals surface area (Å²) in [6, 6.07) is 39.9. The summed E-state index contributed by atoms with van der Waals surface area (Å²) in [5, 5.41) is 19.4. The molecule has 5 rings (SSSR count). The van der Waals surface area contributed by atoms with Crippen molar-refractivity contribution in [1.82, 2.24) is 0 Å². The van der Waals surface area contributed by atoms with Crippen molar-refractivity contribution in [3.05, 3.63) is 149 Å². The maximum absolute atomic E-state index is 9.70. The summed E-state index contributed by atoms with van der Waals surface area (Å²) in [6.45, 7) is 2.09. The summed E-state index contributed by atoms with van der Waals surface area (Å²) >= 11 is 0. The first-order valence-electron chi connectivity index (χ1n) is 12.5. The van der Waals surface area contributed by atoms with E-state index in [2.05, 4.69) is 84.6 Å². The molecule has 0 atom stereocenters. The van der Waals surface area contributed by atoms with Crippen molar-refractivity contribution in [2.24, 2.45) is 0 Å². The predicted molar refractivity (Wildman–Crippen MR) is 160 cm³/mol. The Hall–Kier alpha value is -5.02. The molecule has 0 unspecified atom stereocenters. The van der Waals surface area contributed by atoms with Crippen LogP contribution in [0.4, 0.5) is 17.1 Å². The molecule has 0 fully saturated rings. The van der Waals surface area contributed by atoms with Crippen LogP contribution in [-0.2, 0) is 0 Å². The molecule has 2 N–H and O–H groups in total. The second-order valence-corrected chi connectivity index (χ2v) is 9.21. The van der Waals surface area contributed by atoms with Gasteiger partial charge < -0.3 is 15.1 Å². The predicted octanol–water partition coefficient (Wildman–Crippen LogP) is 9.22. The van der Waals surface area contributed by atoms with Crippen LogP contribution in [0, 0.1) is 6.92 Å². The molecule has 0 aromatic heterocycles. The first kappa shape index (κ1) is 24.7. The molecule has 5 aromatic rings. The van der Waals surface area contributed by atoms with Crippen LogP contribution in [0.25, 0.3) is 24.3 Å². The van der Waals surface area contributed by atoms with E-state index in [9.17, 15) is 10.2 Å². The van der Waals surface area contributed by atoms with Gasteiger partial charge in [-0.3, -0.25) is 0 Å². The quantitative estimate of drug-likeness (QED) is 0.221. The second-order valence-electron chi connectivity index (χ2n) is 9.21. The van der Waals surface area contributed by atoms with Gasteiger partial charge in [-0.15, -0.1) is 0 Å². The van der Waals surface area contributed by atoms with E-state index in [1.165, 1.54) is 5.56 Å². The van der Waals surface area contributed by atoms with E-state index in [0.29, 0.717) is 0 Å². The number of nitrogens with zero attached hydrogens (tertiary/aromatic N) is 1. The number of phenolic OH excluding ortho intramolecular Hbond substituents is 2. The van der Waals surface area contributed by atoms with E-state index in [4.69, 9.17) is 0 Å². The lowest BCUT2D eigenvalue weighted by Gasteiger charge is -2.26. The number of rotatable bonds is 7. The Morgan fingerprint density at radius 1 is 0.447 bits per heavy atom. The summed E-state index contributed by atoms with van der Waals surface area (Å²) in [7, 11) is 0. The molecular weight excluding hydrogens is 466 g/mol. The summed E-state index contributed by atoms with van der Waals surface area (Å²) in [6.07, 6.45) is 8.08. The molecule has 0 amide bonds. The Balaban J connectivity index is 1.41. The maximum Gasteiger partial charge on any atom is 0.116 e. The first-order chi connectivity index (χ1) is 18.5. The van der Waals surface area contributed by atoms with Gasteiger partial charge in [-0.25, -0.2) is 0 Å². The van der Waals surface area contributed by atoms with E-state index in [1.54, 1.807) is 24.3 Å². The molecule has 3 nitrogen and oxygen atoms in total. The molecular formula is C35H29NO2. The van der Waals surface area contributed by atoms with Gasteiger partial charge in [0, 0.05) is 17.1 Å². The Bertz CT molecular complexity index is 1470. The van der Waals surface area contributed by atoms with Gasteiger partial charge in [0.15, 0.2) is 0 Å². The van der Waals surface area contributed by atoms with E-state index in [1.807, 2.05) is 48.6 Å². The van der Waals surface area contributed by atoms with Gasteiger partial charge in [0.1, 0.15) is 11.5 Å². The SMILES string of the molecule is Cc1ccc(N(c2ccc(/C=C/c3cccc(O)c3)cc2)c2ccc(/C=C/c3cccc(O)c3)cc2)cc1. The van der Waals surface area contributed by atoms with Gasteiger partial charge in [-0.2, -0.15) is 0 Å². The van der Waals surface area contributed by atoms with Crippen molar-refractivity contribution in [2.75, 3.05) is 4.90 Å². The third-order valence-electron chi connectivity index (χ3n) is 6.27.